The van der Waals surface area contributed by atoms with E-state index in [9.17, 15) is 9.59 Å². The number of amides is 2. The van der Waals surface area contributed by atoms with Crippen molar-refractivity contribution in [2.75, 3.05) is 6.54 Å². The lowest BCUT2D eigenvalue weighted by atomic mass is 10.2. The van der Waals surface area contributed by atoms with Gasteiger partial charge in [-0.05, 0) is 19.1 Å². The van der Waals surface area contributed by atoms with E-state index in [1.165, 1.54) is 18.6 Å². The maximum atomic E-state index is 12.7. The molecule has 144 valence electrons. The Balaban J connectivity index is 1.42. The normalized spacial score (nSPS) is 15.9. The fourth-order valence-corrected chi connectivity index (χ4v) is 3.29. The number of hydrogen-bond donors (Lipinski definition) is 1. The summed E-state index contributed by atoms with van der Waals surface area (Å²) in [4.78, 5) is 39.3. The van der Waals surface area contributed by atoms with E-state index >= 15 is 0 Å². The molecule has 28 heavy (non-hydrogen) atoms. The number of imidazole rings is 1. The first-order valence-electron chi connectivity index (χ1n) is 9.04. The number of nitrogens with one attached hydrogen (secondary N) is 1. The Morgan fingerprint density at radius 1 is 1.32 bits per heavy atom. The number of carbonyl (C=O) groups is 2. The molecule has 4 rings (SSSR count). The van der Waals surface area contributed by atoms with E-state index in [0.29, 0.717) is 36.8 Å². The maximum absolute atomic E-state index is 12.7. The zero-order valence-electron chi connectivity index (χ0n) is 15.4. The molecular weight excluding hydrogens is 360 g/mol. The van der Waals surface area contributed by atoms with Crippen LogP contribution in [0.2, 0.25) is 0 Å². The number of rotatable bonds is 5. The quantitative estimate of drug-likeness (QED) is 0.716. The summed E-state index contributed by atoms with van der Waals surface area (Å²) in [7, 11) is 0. The summed E-state index contributed by atoms with van der Waals surface area (Å²) in [6.45, 7) is 3.43. The summed E-state index contributed by atoms with van der Waals surface area (Å²) in [5, 5.41) is 2.81. The maximum Gasteiger partial charge on any atom is 0.274 e. The standard InChI is InChI=1S/C19H20N6O3/c1-13-18-23-14(9-17(26)22-10-15-3-2-8-28-15)12-24(18)6-7-25(13)19(27)16-11-20-4-5-21-16/h2-5,8,11-13H,6-7,9-10H2,1H3,(H,22,26). The van der Waals surface area contributed by atoms with Crippen molar-refractivity contribution in [2.24, 2.45) is 0 Å². The number of aromatic nitrogens is 4. The van der Waals surface area contributed by atoms with Crippen molar-refractivity contribution in [3.63, 3.8) is 0 Å². The van der Waals surface area contributed by atoms with Crippen molar-refractivity contribution in [2.45, 2.75) is 32.5 Å². The van der Waals surface area contributed by atoms with Gasteiger partial charge in [0.15, 0.2) is 0 Å². The van der Waals surface area contributed by atoms with Gasteiger partial charge in [-0.15, -0.1) is 0 Å². The number of nitrogens with zero attached hydrogens (tertiary/aromatic N) is 5. The average molecular weight is 380 g/mol. The van der Waals surface area contributed by atoms with Crippen LogP contribution >= 0.6 is 0 Å². The number of furan rings is 1. The number of fused-ring (bicyclic) bond motifs is 1. The van der Waals surface area contributed by atoms with Gasteiger partial charge in [-0.2, -0.15) is 0 Å². The van der Waals surface area contributed by atoms with Crippen molar-refractivity contribution >= 4 is 11.8 Å². The molecule has 9 heteroatoms. The Hall–Kier alpha value is -3.49. The van der Waals surface area contributed by atoms with Gasteiger partial charge in [0.25, 0.3) is 5.91 Å². The molecule has 3 aromatic rings. The zero-order valence-corrected chi connectivity index (χ0v) is 15.4. The van der Waals surface area contributed by atoms with Gasteiger partial charge in [-0.3, -0.25) is 14.6 Å². The third-order valence-corrected chi connectivity index (χ3v) is 4.70. The van der Waals surface area contributed by atoms with E-state index in [-0.39, 0.29) is 24.3 Å². The summed E-state index contributed by atoms with van der Waals surface area (Å²) in [6, 6.07) is 3.36. The minimum Gasteiger partial charge on any atom is -0.467 e. The van der Waals surface area contributed by atoms with E-state index in [0.717, 1.165) is 5.82 Å². The highest BCUT2D eigenvalue weighted by atomic mass is 16.3. The second-order valence-electron chi connectivity index (χ2n) is 6.58. The average Bonchev–Trinajstić information content (AvgIpc) is 3.37. The van der Waals surface area contributed by atoms with Gasteiger partial charge < -0.3 is 19.2 Å². The van der Waals surface area contributed by atoms with Crippen LogP contribution in [0.25, 0.3) is 0 Å². The van der Waals surface area contributed by atoms with Crippen LogP contribution in [-0.4, -0.2) is 42.8 Å². The van der Waals surface area contributed by atoms with Gasteiger partial charge in [-0.1, -0.05) is 0 Å². The molecule has 0 saturated heterocycles. The lowest BCUT2D eigenvalue weighted by molar-refractivity contribution is -0.120. The van der Waals surface area contributed by atoms with Crippen molar-refractivity contribution in [3.8, 4) is 0 Å². The van der Waals surface area contributed by atoms with Crippen LogP contribution in [0.5, 0.6) is 0 Å². The van der Waals surface area contributed by atoms with Gasteiger partial charge in [0.2, 0.25) is 5.91 Å². The third-order valence-electron chi connectivity index (χ3n) is 4.70. The van der Waals surface area contributed by atoms with E-state index in [1.807, 2.05) is 17.7 Å². The second kappa shape index (κ2) is 7.63. The van der Waals surface area contributed by atoms with Crippen LogP contribution in [0.3, 0.4) is 0 Å². The monoisotopic (exact) mass is 380 g/mol. The van der Waals surface area contributed by atoms with Crippen LogP contribution in [0.15, 0.2) is 47.6 Å². The first kappa shape index (κ1) is 17.9. The summed E-state index contributed by atoms with van der Waals surface area (Å²) in [6.07, 6.45) is 8.12. The van der Waals surface area contributed by atoms with Crippen LogP contribution in [0.4, 0.5) is 0 Å². The Bertz CT molecular complexity index is 967. The molecule has 0 aromatic carbocycles. The van der Waals surface area contributed by atoms with Gasteiger partial charge in [0.05, 0.1) is 37.2 Å². The fourth-order valence-electron chi connectivity index (χ4n) is 3.29. The van der Waals surface area contributed by atoms with Crippen molar-refractivity contribution in [1.82, 2.24) is 29.7 Å². The molecule has 1 aliphatic heterocycles. The van der Waals surface area contributed by atoms with E-state index < -0.39 is 0 Å². The summed E-state index contributed by atoms with van der Waals surface area (Å²) in [5.41, 5.74) is 0.986. The molecular formula is C19H20N6O3. The Morgan fingerprint density at radius 2 is 2.21 bits per heavy atom. The molecule has 1 unspecified atom stereocenters. The molecule has 0 saturated carbocycles. The van der Waals surface area contributed by atoms with Crippen molar-refractivity contribution < 1.29 is 14.0 Å². The highest BCUT2D eigenvalue weighted by Crippen LogP contribution is 2.26. The minimum absolute atomic E-state index is 0.132. The Kier molecular flexibility index (Phi) is 4.88. The smallest absolute Gasteiger partial charge is 0.274 e. The molecule has 1 atom stereocenters. The van der Waals surface area contributed by atoms with Gasteiger partial charge in [0, 0.05) is 31.7 Å². The summed E-state index contributed by atoms with van der Waals surface area (Å²) >= 11 is 0. The SMILES string of the molecule is CC1c2nc(CC(=O)NCc3ccco3)cn2CCN1C(=O)c1cnccn1. The highest BCUT2D eigenvalue weighted by molar-refractivity contribution is 5.92. The fraction of sp³-hybridized carbons (Fsp3) is 0.316. The van der Waals surface area contributed by atoms with Crippen LogP contribution in [0, 0.1) is 0 Å². The summed E-state index contributed by atoms with van der Waals surface area (Å²) in [5.74, 6) is 1.15. The largest absolute Gasteiger partial charge is 0.467 e. The third kappa shape index (κ3) is 3.64. The van der Waals surface area contributed by atoms with E-state index in [1.54, 1.807) is 23.3 Å². The first-order valence-corrected chi connectivity index (χ1v) is 9.04. The molecule has 9 nitrogen and oxygen atoms in total. The zero-order chi connectivity index (χ0) is 19.5. The van der Waals surface area contributed by atoms with Crippen molar-refractivity contribution in [3.05, 3.63) is 66.2 Å². The Labute approximate surface area is 161 Å². The van der Waals surface area contributed by atoms with Crippen LogP contribution < -0.4 is 5.32 Å². The second-order valence-corrected chi connectivity index (χ2v) is 6.58. The van der Waals surface area contributed by atoms with Crippen LogP contribution in [-0.2, 0) is 24.3 Å². The molecule has 0 aliphatic carbocycles. The minimum atomic E-state index is -0.219. The number of hydrogen-bond acceptors (Lipinski definition) is 6. The number of carbonyl (C=O) groups excluding carboxylic acids is 2. The van der Waals surface area contributed by atoms with Crippen LogP contribution in [0.1, 0.15) is 40.7 Å². The molecule has 0 fully saturated rings. The van der Waals surface area contributed by atoms with Gasteiger partial charge >= 0.3 is 0 Å². The van der Waals surface area contributed by atoms with Gasteiger partial charge in [-0.25, -0.2) is 9.97 Å². The first-order chi connectivity index (χ1) is 13.6. The predicted molar refractivity (Wildman–Crippen MR) is 98.0 cm³/mol. The van der Waals surface area contributed by atoms with E-state index in [2.05, 4.69) is 20.3 Å². The van der Waals surface area contributed by atoms with Crippen molar-refractivity contribution in [1.29, 1.82) is 0 Å². The molecule has 0 radical (unpaired) electrons. The van der Waals surface area contributed by atoms with E-state index in [4.69, 9.17) is 4.42 Å². The molecule has 0 spiro atoms. The summed E-state index contributed by atoms with van der Waals surface area (Å²) < 4.78 is 7.20. The molecule has 1 N–H and O–H groups in total. The highest BCUT2D eigenvalue weighted by Gasteiger charge is 2.31. The molecule has 3 aromatic heterocycles. The molecule has 2 amide bonds. The lowest BCUT2D eigenvalue weighted by Gasteiger charge is -2.33. The molecule has 1 aliphatic rings. The topological polar surface area (TPSA) is 106 Å². The molecule has 0 bridgehead atoms. The predicted octanol–water partition coefficient (Wildman–Crippen LogP) is 1.34. The Morgan fingerprint density at radius 3 is 2.96 bits per heavy atom. The molecule has 4 heterocycles. The van der Waals surface area contributed by atoms with Gasteiger partial charge in [0.1, 0.15) is 17.3 Å². The lowest BCUT2D eigenvalue weighted by Crippen LogP contribution is -2.41.